The Kier molecular flexibility index (Phi) is 4.17. The molecule has 6 heteroatoms. The van der Waals surface area contributed by atoms with Gasteiger partial charge in [0.05, 0.1) is 11.4 Å². The van der Waals surface area contributed by atoms with E-state index >= 15 is 0 Å². The molecule has 2 atom stereocenters. The van der Waals surface area contributed by atoms with Crippen LogP contribution in [0.3, 0.4) is 0 Å². The Labute approximate surface area is 127 Å². The standard InChI is InChI=1S/C15H18N2O3S/c18-7-10-2-1-3-11(10)17-15(20)9-4-5-13-12(6-9)16-14(19)8-21-13/h4-6,10-11,18H,1-3,7-8H2,(H,16,19)(H,17,20). The highest BCUT2D eigenvalue weighted by atomic mass is 32.2. The Morgan fingerprint density at radius 1 is 1.43 bits per heavy atom. The maximum absolute atomic E-state index is 12.3. The minimum Gasteiger partial charge on any atom is -0.396 e. The smallest absolute Gasteiger partial charge is 0.251 e. The summed E-state index contributed by atoms with van der Waals surface area (Å²) in [6.45, 7) is 0.113. The topological polar surface area (TPSA) is 78.4 Å². The van der Waals surface area contributed by atoms with Gasteiger partial charge in [-0.2, -0.15) is 0 Å². The second-order valence-corrected chi connectivity index (χ2v) is 6.52. The van der Waals surface area contributed by atoms with Crippen LogP contribution in [0, 0.1) is 5.92 Å². The summed E-state index contributed by atoms with van der Waals surface area (Å²) in [6.07, 6.45) is 2.90. The first-order valence-electron chi connectivity index (χ1n) is 7.16. The van der Waals surface area contributed by atoms with Gasteiger partial charge >= 0.3 is 0 Å². The molecule has 1 saturated carbocycles. The Hall–Kier alpha value is -1.53. The van der Waals surface area contributed by atoms with Crippen molar-refractivity contribution in [1.82, 2.24) is 5.32 Å². The number of thioether (sulfide) groups is 1. The summed E-state index contributed by atoms with van der Waals surface area (Å²) in [4.78, 5) is 24.7. The van der Waals surface area contributed by atoms with Gasteiger partial charge in [-0.25, -0.2) is 0 Å². The lowest BCUT2D eigenvalue weighted by atomic mass is 10.0. The highest BCUT2D eigenvalue weighted by Gasteiger charge is 2.28. The molecule has 2 unspecified atom stereocenters. The number of anilines is 1. The molecule has 1 aromatic rings. The van der Waals surface area contributed by atoms with Crippen LogP contribution in [-0.4, -0.2) is 35.3 Å². The molecule has 0 bridgehead atoms. The Balaban J connectivity index is 1.73. The number of aliphatic hydroxyl groups excluding tert-OH is 1. The van der Waals surface area contributed by atoms with Crippen molar-refractivity contribution in [3.63, 3.8) is 0 Å². The fraction of sp³-hybridized carbons (Fsp3) is 0.467. The molecule has 112 valence electrons. The lowest BCUT2D eigenvalue weighted by molar-refractivity contribution is -0.113. The number of amides is 2. The number of hydrogen-bond donors (Lipinski definition) is 3. The number of carbonyl (C=O) groups is 2. The van der Waals surface area contributed by atoms with Crippen LogP contribution in [0.15, 0.2) is 23.1 Å². The van der Waals surface area contributed by atoms with Crippen LogP contribution in [0.2, 0.25) is 0 Å². The van der Waals surface area contributed by atoms with E-state index in [1.807, 2.05) is 6.07 Å². The molecule has 21 heavy (non-hydrogen) atoms. The molecule has 2 aliphatic rings. The van der Waals surface area contributed by atoms with Crippen molar-refractivity contribution in [1.29, 1.82) is 0 Å². The molecule has 0 radical (unpaired) electrons. The van der Waals surface area contributed by atoms with Crippen molar-refractivity contribution >= 4 is 29.3 Å². The zero-order valence-corrected chi connectivity index (χ0v) is 12.4. The van der Waals surface area contributed by atoms with E-state index < -0.39 is 0 Å². The summed E-state index contributed by atoms with van der Waals surface area (Å²) in [6, 6.07) is 5.41. The van der Waals surface area contributed by atoms with Gasteiger partial charge in [0.2, 0.25) is 5.91 Å². The normalized spacial score (nSPS) is 24.3. The summed E-state index contributed by atoms with van der Waals surface area (Å²) in [5.74, 6) is 0.384. The molecule has 1 aliphatic carbocycles. The SMILES string of the molecule is O=C1CSc2ccc(C(=O)NC3CCCC3CO)cc2N1. The van der Waals surface area contributed by atoms with Crippen LogP contribution in [-0.2, 0) is 4.79 Å². The average molecular weight is 306 g/mol. The summed E-state index contributed by atoms with van der Waals surface area (Å²) >= 11 is 1.48. The molecule has 3 rings (SSSR count). The summed E-state index contributed by atoms with van der Waals surface area (Å²) in [5.41, 5.74) is 1.24. The van der Waals surface area contributed by atoms with E-state index in [1.54, 1.807) is 12.1 Å². The van der Waals surface area contributed by atoms with Gasteiger partial charge in [0.1, 0.15) is 0 Å². The zero-order valence-electron chi connectivity index (χ0n) is 11.6. The van der Waals surface area contributed by atoms with Crippen molar-refractivity contribution in [2.45, 2.75) is 30.2 Å². The fourth-order valence-electron chi connectivity index (χ4n) is 2.92. The zero-order chi connectivity index (χ0) is 14.8. The van der Waals surface area contributed by atoms with Crippen LogP contribution in [0.25, 0.3) is 0 Å². The van der Waals surface area contributed by atoms with Gasteiger partial charge in [0.25, 0.3) is 5.91 Å². The van der Waals surface area contributed by atoms with Crippen LogP contribution in [0.1, 0.15) is 29.6 Å². The molecule has 3 N–H and O–H groups in total. The molecule has 1 aromatic carbocycles. The second kappa shape index (κ2) is 6.07. The monoisotopic (exact) mass is 306 g/mol. The van der Waals surface area contributed by atoms with Crippen molar-refractivity contribution in [3.8, 4) is 0 Å². The van der Waals surface area contributed by atoms with Gasteiger partial charge in [0.15, 0.2) is 0 Å². The van der Waals surface area contributed by atoms with Gasteiger partial charge in [-0.05, 0) is 31.0 Å². The molecule has 0 spiro atoms. The number of rotatable bonds is 3. The second-order valence-electron chi connectivity index (χ2n) is 5.50. The number of aliphatic hydroxyl groups is 1. The molecule has 0 saturated heterocycles. The van der Waals surface area contributed by atoms with Gasteiger partial charge < -0.3 is 15.7 Å². The molecule has 1 fully saturated rings. The maximum atomic E-state index is 12.3. The highest BCUT2D eigenvalue weighted by molar-refractivity contribution is 8.00. The third-order valence-corrected chi connectivity index (χ3v) is 5.16. The Morgan fingerprint density at radius 2 is 2.29 bits per heavy atom. The third-order valence-electron chi connectivity index (χ3n) is 4.08. The number of hydrogen-bond acceptors (Lipinski definition) is 4. The van der Waals surface area contributed by atoms with E-state index in [9.17, 15) is 14.7 Å². The van der Waals surface area contributed by atoms with E-state index in [2.05, 4.69) is 10.6 Å². The van der Waals surface area contributed by atoms with Crippen LogP contribution in [0.5, 0.6) is 0 Å². The molecule has 2 amide bonds. The molecule has 5 nitrogen and oxygen atoms in total. The van der Waals surface area contributed by atoms with Gasteiger partial charge in [-0.3, -0.25) is 9.59 Å². The average Bonchev–Trinajstić information content (AvgIpc) is 2.93. The van der Waals surface area contributed by atoms with Crippen molar-refractivity contribution in [2.24, 2.45) is 5.92 Å². The molecule has 1 aliphatic heterocycles. The first-order valence-corrected chi connectivity index (χ1v) is 8.14. The van der Waals surface area contributed by atoms with E-state index in [0.29, 0.717) is 17.0 Å². The summed E-state index contributed by atoms with van der Waals surface area (Å²) < 4.78 is 0. The van der Waals surface area contributed by atoms with E-state index in [1.165, 1.54) is 11.8 Å². The fourth-order valence-corrected chi connectivity index (χ4v) is 3.71. The van der Waals surface area contributed by atoms with Crippen LogP contribution in [0.4, 0.5) is 5.69 Å². The highest BCUT2D eigenvalue weighted by Crippen LogP contribution is 2.32. The minimum atomic E-state index is -0.145. The van der Waals surface area contributed by atoms with Crippen LogP contribution >= 0.6 is 11.8 Å². The van der Waals surface area contributed by atoms with Crippen molar-refractivity contribution < 1.29 is 14.7 Å². The van der Waals surface area contributed by atoms with Gasteiger partial charge in [0, 0.05) is 29.0 Å². The maximum Gasteiger partial charge on any atom is 0.251 e. The first-order chi connectivity index (χ1) is 10.2. The van der Waals surface area contributed by atoms with Crippen LogP contribution < -0.4 is 10.6 Å². The lowest BCUT2D eigenvalue weighted by Crippen LogP contribution is -2.38. The number of carbonyl (C=O) groups excluding carboxylic acids is 2. The number of nitrogens with one attached hydrogen (secondary N) is 2. The molecule has 0 aromatic heterocycles. The Bertz CT molecular complexity index is 576. The van der Waals surface area contributed by atoms with E-state index in [4.69, 9.17) is 0 Å². The third kappa shape index (κ3) is 3.06. The van der Waals surface area contributed by atoms with Gasteiger partial charge in [-0.1, -0.05) is 6.42 Å². The minimum absolute atomic E-state index is 0.0406. The molecular formula is C15H18N2O3S. The Morgan fingerprint density at radius 3 is 3.10 bits per heavy atom. The van der Waals surface area contributed by atoms with Crippen molar-refractivity contribution in [3.05, 3.63) is 23.8 Å². The summed E-state index contributed by atoms with van der Waals surface area (Å²) in [7, 11) is 0. The first kappa shape index (κ1) is 14.4. The quantitative estimate of drug-likeness (QED) is 0.793. The number of fused-ring (bicyclic) bond motifs is 1. The van der Waals surface area contributed by atoms with E-state index in [-0.39, 0.29) is 30.4 Å². The molecular weight excluding hydrogens is 288 g/mol. The summed E-state index contributed by atoms with van der Waals surface area (Å²) in [5, 5.41) is 15.1. The lowest BCUT2D eigenvalue weighted by Gasteiger charge is -2.20. The predicted molar refractivity (Wildman–Crippen MR) is 81.5 cm³/mol. The predicted octanol–water partition coefficient (Wildman–Crippen LogP) is 1.62. The van der Waals surface area contributed by atoms with Gasteiger partial charge in [-0.15, -0.1) is 11.8 Å². The molecule has 1 heterocycles. The number of benzene rings is 1. The largest absolute Gasteiger partial charge is 0.396 e. The van der Waals surface area contributed by atoms with E-state index in [0.717, 1.165) is 24.2 Å². The van der Waals surface area contributed by atoms with Crippen molar-refractivity contribution in [2.75, 3.05) is 17.7 Å².